The molecule has 3 atom stereocenters. The molecule has 0 bridgehead atoms. The minimum Gasteiger partial charge on any atom is -0.444 e. The van der Waals surface area contributed by atoms with Crippen molar-refractivity contribution in [2.24, 2.45) is 11.3 Å². The van der Waals surface area contributed by atoms with Gasteiger partial charge in [-0.2, -0.15) is 4.31 Å². The van der Waals surface area contributed by atoms with Gasteiger partial charge in [0.15, 0.2) is 0 Å². The standard InChI is InChI=1S/C40H54FN5O9S/c1-27(2)23-45(56(53,54)32-19-13-18-31(22-32)46(51)52)25-34(47)33(21-28-14-10-9-11-15-28)42-37(49)36(39(3,4)5)43-35(48)26-44(38(50)55-40(6,7)8)24-29-16-12-17-30(41)20-29/h9-20,22,27,33-34,36,47H,21,23-26H2,1-8H3,(H,42,49)(H,43,48)/t33-,34+,36+/m0/s1/i9D,10D,11D,14D,15D. The molecule has 0 fully saturated rings. The number of aliphatic hydroxyl groups excluding tert-OH is 1. The van der Waals surface area contributed by atoms with Gasteiger partial charge in [0, 0.05) is 31.8 Å². The van der Waals surface area contributed by atoms with Crippen molar-refractivity contribution in [1.29, 1.82) is 0 Å². The zero-order valence-corrected chi connectivity index (χ0v) is 33.6. The minimum absolute atomic E-state index is 0.206. The Morgan fingerprint density at radius 1 is 0.964 bits per heavy atom. The molecule has 0 aliphatic carbocycles. The lowest BCUT2D eigenvalue weighted by Crippen LogP contribution is -2.59. The van der Waals surface area contributed by atoms with Gasteiger partial charge in [-0.25, -0.2) is 17.6 Å². The van der Waals surface area contributed by atoms with Gasteiger partial charge in [-0.05, 0) is 67.9 Å². The number of nitrogens with one attached hydrogen (secondary N) is 2. The van der Waals surface area contributed by atoms with Crippen LogP contribution in [0, 0.1) is 27.3 Å². The van der Waals surface area contributed by atoms with E-state index in [0.29, 0.717) is 5.56 Å². The molecule has 0 heterocycles. The number of rotatable bonds is 17. The average Bonchev–Trinajstić information content (AvgIpc) is 3.14. The minimum atomic E-state index is -4.55. The molecule has 0 radical (unpaired) electrons. The van der Waals surface area contributed by atoms with E-state index < -0.39 is 128 Å². The first-order chi connectivity index (χ1) is 28.0. The summed E-state index contributed by atoms with van der Waals surface area (Å²) in [5.74, 6) is -2.70. The summed E-state index contributed by atoms with van der Waals surface area (Å²) in [7, 11) is -4.55. The van der Waals surface area contributed by atoms with Crippen molar-refractivity contribution in [2.45, 2.75) is 97.0 Å². The summed E-state index contributed by atoms with van der Waals surface area (Å²) in [6, 6.07) is 3.30. The number of hydrogen-bond donors (Lipinski definition) is 3. The zero-order chi connectivity index (χ0) is 46.4. The third-order valence-corrected chi connectivity index (χ3v) is 9.90. The summed E-state index contributed by atoms with van der Waals surface area (Å²) >= 11 is 0. The topological polar surface area (TPSA) is 188 Å². The first kappa shape index (κ1) is 38.0. The van der Waals surface area contributed by atoms with E-state index in [1.54, 1.807) is 61.5 Å². The Morgan fingerprint density at radius 2 is 1.61 bits per heavy atom. The molecule has 56 heavy (non-hydrogen) atoms. The summed E-state index contributed by atoms with van der Waals surface area (Å²) in [4.78, 5) is 52.6. The number of nitro benzene ring substituents is 1. The van der Waals surface area contributed by atoms with Gasteiger partial charge in [0.05, 0.1) is 28.8 Å². The van der Waals surface area contributed by atoms with E-state index >= 15 is 0 Å². The second-order valence-electron chi connectivity index (χ2n) is 15.8. The van der Waals surface area contributed by atoms with Crippen LogP contribution in [0.5, 0.6) is 0 Å². The highest BCUT2D eigenvalue weighted by Crippen LogP contribution is 2.24. The van der Waals surface area contributed by atoms with E-state index in [-0.39, 0.29) is 24.6 Å². The molecule has 3 amide bonds. The van der Waals surface area contributed by atoms with Gasteiger partial charge in [0.1, 0.15) is 24.0 Å². The van der Waals surface area contributed by atoms with Crippen LogP contribution in [0.2, 0.25) is 0 Å². The maximum Gasteiger partial charge on any atom is 0.411 e. The third kappa shape index (κ3) is 14.0. The van der Waals surface area contributed by atoms with E-state index in [9.17, 15) is 42.4 Å². The Morgan fingerprint density at radius 3 is 2.18 bits per heavy atom. The van der Waals surface area contributed by atoms with E-state index in [1.807, 2.05) is 0 Å². The smallest absolute Gasteiger partial charge is 0.411 e. The first-order valence-corrected chi connectivity index (χ1v) is 19.3. The summed E-state index contributed by atoms with van der Waals surface area (Å²) in [5.41, 5.74) is -2.53. The summed E-state index contributed by atoms with van der Waals surface area (Å²) < 4.78 is 89.9. The highest BCUT2D eigenvalue weighted by atomic mass is 32.2. The maximum absolute atomic E-state index is 14.3. The molecule has 3 aromatic rings. The number of non-ortho nitro benzene ring substituents is 1. The maximum atomic E-state index is 14.3. The number of ether oxygens (including phenoxy) is 1. The van der Waals surface area contributed by atoms with Crippen molar-refractivity contribution in [3.63, 3.8) is 0 Å². The molecular formula is C40H54FN5O9S. The molecule has 0 spiro atoms. The van der Waals surface area contributed by atoms with Crippen LogP contribution >= 0.6 is 0 Å². The van der Waals surface area contributed by atoms with Gasteiger partial charge >= 0.3 is 6.09 Å². The Kier molecular flexibility index (Phi) is 13.1. The van der Waals surface area contributed by atoms with Crippen molar-refractivity contribution < 1.29 is 48.8 Å². The molecule has 3 rings (SSSR count). The SMILES string of the molecule is [2H]c1c([2H])c([2H])c(C[C@H](NC(=O)[C@@H](NC(=O)CN(Cc2cccc(F)c2)C(=O)OC(C)(C)C)C(C)(C)C)[C@H](O)CN(CC(C)C)S(=O)(=O)c2cccc([N+](=O)[O-])c2)c([2H])c1[2H]. The monoisotopic (exact) mass is 804 g/mol. The number of nitrogens with zero attached hydrogens (tertiary/aromatic N) is 3. The van der Waals surface area contributed by atoms with E-state index in [4.69, 9.17) is 11.6 Å². The number of carbonyl (C=O) groups excluding carboxylic acids is 3. The number of carbonyl (C=O) groups is 3. The van der Waals surface area contributed by atoms with Crippen molar-refractivity contribution in [2.75, 3.05) is 19.6 Å². The van der Waals surface area contributed by atoms with Crippen LogP contribution in [-0.4, -0.2) is 89.0 Å². The highest BCUT2D eigenvalue weighted by molar-refractivity contribution is 7.89. The van der Waals surface area contributed by atoms with Crippen molar-refractivity contribution in [3.05, 3.63) is 106 Å². The van der Waals surface area contributed by atoms with Gasteiger partial charge in [-0.1, -0.05) is 83.0 Å². The van der Waals surface area contributed by atoms with Gasteiger partial charge in [0.25, 0.3) is 5.69 Å². The molecule has 0 saturated heterocycles. The predicted molar refractivity (Wildman–Crippen MR) is 209 cm³/mol. The molecule has 306 valence electrons. The lowest BCUT2D eigenvalue weighted by atomic mass is 9.85. The first-order valence-electron chi connectivity index (χ1n) is 20.3. The van der Waals surface area contributed by atoms with Gasteiger partial charge in [-0.15, -0.1) is 0 Å². The van der Waals surface area contributed by atoms with E-state index in [2.05, 4.69) is 10.6 Å². The molecule has 3 aromatic carbocycles. The Balaban J connectivity index is 2.06. The van der Waals surface area contributed by atoms with E-state index in [0.717, 1.165) is 27.4 Å². The molecule has 0 saturated carbocycles. The van der Waals surface area contributed by atoms with E-state index in [1.165, 1.54) is 24.3 Å². The zero-order valence-electron chi connectivity index (χ0n) is 37.8. The molecule has 16 heteroatoms. The molecule has 0 aromatic heterocycles. The molecule has 0 unspecified atom stereocenters. The molecule has 0 aliphatic rings. The van der Waals surface area contributed by atoms with Crippen LogP contribution in [-0.2, 0) is 37.3 Å². The summed E-state index contributed by atoms with van der Waals surface area (Å²) in [6.07, 6.45) is -3.37. The van der Waals surface area contributed by atoms with Crippen LogP contribution in [0.25, 0.3) is 0 Å². The second-order valence-corrected chi connectivity index (χ2v) is 17.7. The Hall–Kier alpha value is -4.93. The molecule has 3 N–H and O–H groups in total. The summed E-state index contributed by atoms with van der Waals surface area (Å²) in [5, 5.41) is 28.6. The summed E-state index contributed by atoms with van der Waals surface area (Å²) in [6.45, 7) is 11.2. The van der Waals surface area contributed by atoms with Crippen molar-refractivity contribution >= 4 is 33.6 Å². The third-order valence-electron chi connectivity index (χ3n) is 8.08. The number of halogens is 1. The average molecular weight is 805 g/mol. The normalized spacial score (nSPS) is 15.0. The van der Waals surface area contributed by atoms with Gasteiger partial charge in [-0.3, -0.25) is 24.6 Å². The molecule has 0 aliphatic heterocycles. The van der Waals surface area contributed by atoms with Crippen LogP contribution < -0.4 is 10.6 Å². The number of aliphatic hydroxyl groups is 1. The number of nitro groups is 1. The predicted octanol–water partition coefficient (Wildman–Crippen LogP) is 5.44. The van der Waals surface area contributed by atoms with Crippen LogP contribution in [0.3, 0.4) is 0 Å². The Labute approximate surface area is 335 Å². The lowest BCUT2D eigenvalue weighted by molar-refractivity contribution is -0.385. The number of benzene rings is 3. The van der Waals surface area contributed by atoms with Crippen LogP contribution in [0.1, 0.15) is 73.4 Å². The number of amides is 3. The lowest BCUT2D eigenvalue weighted by Gasteiger charge is -2.35. The highest BCUT2D eigenvalue weighted by Gasteiger charge is 2.37. The van der Waals surface area contributed by atoms with Gasteiger partial charge < -0.3 is 20.5 Å². The largest absolute Gasteiger partial charge is 0.444 e. The number of hydrogen-bond acceptors (Lipinski definition) is 9. The molecular weight excluding hydrogens is 746 g/mol. The number of sulfonamides is 1. The van der Waals surface area contributed by atoms with Crippen LogP contribution in [0.15, 0.2) is 83.6 Å². The van der Waals surface area contributed by atoms with Crippen molar-refractivity contribution in [3.8, 4) is 0 Å². The fraction of sp³-hybridized carbons (Fsp3) is 0.475. The van der Waals surface area contributed by atoms with Gasteiger partial charge in [0.2, 0.25) is 21.8 Å². The van der Waals surface area contributed by atoms with Crippen molar-refractivity contribution in [1.82, 2.24) is 19.8 Å². The fourth-order valence-corrected chi connectivity index (χ4v) is 7.15. The second kappa shape index (κ2) is 19.3. The Bertz CT molecular complexity index is 2190. The fourth-order valence-electron chi connectivity index (χ4n) is 5.49. The molecule has 14 nitrogen and oxygen atoms in total. The van der Waals surface area contributed by atoms with Crippen LogP contribution in [0.4, 0.5) is 14.9 Å². The quantitative estimate of drug-likeness (QED) is 0.118.